The molecule has 2 N–H and O–H groups in total. The van der Waals surface area contributed by atoms with Crippen LogP contribution in [-0.4, -0.2) is 25.9 Å². The molecule has 7 nitrogen and oxygen atoms in total. The molecule has 1 amide bonds. The van der Waals surface area contributed by atoms with Crippen LogP contribution in [-0.2, 0) is 0 Å². The molecule has 0 aliphatic heterocycles. The molecule has 1 aromatic carbocycles. The number of nitrogens with one attached hydrogen (secondary N) is 2. The number of carbonyl (C=O) groups is 1. The number of aromatic nitrogens is 4. The molecule has 0 radical (unpaired) electrons. The number of rotatable bonds is 4. The topological polar surface area (TPSA) is 88.7 Å². The van der Waals surface area contributed by atoms with Crippen molar-refractivity contribution in [2.24, 2.45) is 0 Å². The molecule has 3 heterocycles. The van der Waals surface area contributed by atoms with E-state index in [2.05, 4.69) is 34.5 Å². The van der Waals surface area contributed by atoms with E-state index in [0.29, 0.717) is 22.8 Å². The van der Waals surface area contributed by atoms with Crippen molar-refractivity contribution in [3.63, 3.8) is 0 Å². The van der Waals surface area contributed by atoms with Gasteiger partial charge in [-0.25, -0.2) is 0 Å². The van der Waals surface area contributed by atoms with Gasteiger partial charge in [0.25, 0.3) is 5.91 Å². The smallest absolute Gasteiger partial charge is 0.276 e. The molecule has 0 fully saturated rings. The molecule has 0 aliphatic rings. The zero-order valence-electron chi connectivity index (χ0n) is 13.9. The lowest BCUT2D eigenvalue weighted by atomic mass is 10.2. The zero-order valence-corrected chi connectivity index (χ0v) is 13.9. The highest BCUT2D eigenvalue weighted by Crippen LogP contribution is 2.21. The third-order valence-corrected chi connectivity index (χ3v) is 3.91. The minimum absolute atomic E-state index is 0.287. The molecule has 0 bridgehead atoms. The summed E-state index contributed by atoms with van der Waals surface area (Å²) in [5.41, 5.74) is 2.46. The number of fused-ring (bicyclic) bond motifs is 1. The minimum atomic E-state index is -0.295. The van der Waals surface area contributed by atoms with E-state index in [4.69, 9.17) is 4.42 Å². The molecule has 4 rings (SSSR count). The normalized spacial score (nSPS) is 11.3. The molecule has 126 valence electrons. The second-order valence-corrected chi connectivity index (χ2v) is 6.07. The molecule has 4 aromatic rings. The Bertz CT molecular complexity index is 1030. The monoisotopic (exact) mass is 335 g/mol. The van der Waals surface area contributed by atoms with Gasteiger partial charge in [-0.05, 0) is 44.2 Å². The highest BCUT2D eigenvalue weighted by atomic mass is 16.3. The van der Waals surface area contributed by atoms with E-state index in [9.17, 15) is 4.79 Å². The molecule has 0 unspecified atom stereocenters. The van der Waals surface area contributed by atoms with Gasteiger partial charge in [-0.2, -0.15) is 10.2 Å². The van der Waals surface area contributed by atoms with Gasteiger partial charge in [0.2, 0.25) is 0 Å². The number of benzene rings is 1. The highest BCUT2D eigenvalue weighted by molar-refractivity contribution is 6.04. The number of hydrogen-bond donors (Lipinski definition) is 2. The summed E-state index contributed by atoms with van der Waals surface area (Å²) in [6, 6.07) is 11.2. The molecule has 25 heavy (non-hydrogen) atoms. The fourth-order valence-corrected chi connectivity index (χ4v) is 2.57. The van der Waals surface area contributed by atoms with Gasteiger partial charge in [0.15, 0.2) is 11.5 Å². The van der Waals surface area contributed by atoms with Gasteiger partial charge in [-0.1, -0.05) is 0 Å². The number of hydrogen-bond acceptors (Lipinski definition) is 4. The number of H-pyrrole nitrogens is 1. The quantitative estimate of drug-likeness (QED) is 0.593. The molecule has 0 spiro atoms. The summed E-state index contributed by atoms with van der Waals surface area (Å²) in [6.45, 7) is 4.14. The van der Waals surface area contributed by atoms with Crippen molar-refractivity contribution < 1.29 is 9.21 Å². The summed E-state index contributed by atoms with van der Waals surface area (Å²) in [4.78, 5) is 12.4. The number of nitrogens with zero attached hydrogens (tertiary/aromatic N) is 3. The Morgan fingerprint density at radius 3 is 2.92 bits per heavy atom. The maximum Gasteiger partial charge on any atom is 0.276 e. The van der Waals surface area contributed by atoms with Gasteiger partial charge in [0.1, 0.15) is 5.69 Å². The van der Waals surface area contributed by atoms with Crippen LogP contribution in [0.15, 0.2) is 53.3 Å². The predicted octanol–water partition coefficient (Wildman–Crippen LogP) is 3.85. The number of furan rings is 1. The van der Waals surface area contributed by atoms with E-state index in [1.54, 1.807) is 24.5 Å². The van der Waals surface area contributed by atoms with Gasteiger partial charge in [0.05, 0.1) is 11.8 Å². The van der Waals surface area contributed by atoms with Crippen LogP contribution in [0.2, 0.25) is 0 Å². The predicted molar refractivity (Wildman–Crippen MR) is 94.4 cm³/mol. The number of carbonyl (C=O) groups excluding carboxylic acids is 1. The van der Waals surface area contributed by atoms with Crippen molar-refractivity contribution in [1.82, 2.24) is 20.0 Å². The van der Waals surface area contributed by atoms with Crippen molar-refractivity contribution >= 4 is 22.5 Å². The summed E-state index contributed by atoms with van der Waals surface area (Å²) in [7, 11) is 0. The molecule has 0 atom stereocenters. The Hall–Kier alpha value is -3.35. The molecular formula is C18H17N5O2. The maximum absolute atomic E-state index is 12.4. The summed E-state index contributed by atoms with van der Waals surface area (Å²) >= 11 is 0. The first-order valence-corrected chi connectivity index (χ1v) is 8.00. The Labute approximate surface area is 143 Å². The fourth-order valence-electron chi connectivity index (χ4n) is 2.57. The summed E-state index contributed by atoms with van der Waals surface area (Å²) in [5.74, 6) is 0.337. The van der Waals surface area contributed by atoms with Gasteiger partial charge >= 0.3 is 0 Å². The molecule has 0 saturated carbocycles. The lowest BCUT2D eigenvalue weighted by Gasteiger charge is -2.03. The summed E-state index contributed by atoms with van der Waals surface area (Å²) in [5, 5.41) is 15.2. The fraction of sp³-hybridized carbons (Fsp3) is 0.167. The molecule has 7 heteroatoms. The van der Waals surface area contributed by atoms with Crippen LogP contribution in [0, 0.1) is 0 Å². The first kappa shape index (κ1) is 15.2. The Morgan fingerprint density at radius 2 is 2.16 bits per heavy atom. The highest BCUT2D eigenvalue weighted by Gasteiger charge is 2.13. The lowest BCUT2D eigenvalue weighted by molar-refractivity contribution is 0.102. The van der Waals surface area contributed by atoms with Crippen molar-refractivity contribution in [3.8, 4) is 11.5 Å². The van der Waals surface area contributed by atoms with Gasteiger partial charge in [-0.3, -0.25) is 14.6 Å². The van der Waals surface area contributed by atoms with Crippen molar-refractivity contribution in [2.45, 2.75) is 19.9 Å². The zero-order chi connectivity index (χ0) is 17.4. The minimum Gasteiger partial charge on any atom is -0.463 e. The van der Waals surface area contributed by atoms with Gasteiger partial charge < -0.3 is 9.73 Å². The second kappa shape index (κ2) is 5.94. The molecule has 0 saturated heterocycles. The van der Waals surface area contributed by atoms with Crippen LogP contribution in [0.25, 0.3) is 22.4 Å². The van der Waals surface area contributed by atoms with Crippen molar-refractivity contribution in [2.75, 3.05) is 5.32 Å². The van der Waals surface area contributed by atoms with Gasteiger partial charge in [0, 0.05) is 29.4 Å². The maximum atomic E-state index is 12.4. The Morgan fingerprint density at radius 1 is 1.28 bits per heavy atom. The van der Waals surface area contributed by atoms with Crippen LogP contribution in [0.5, 0.6) is 0 Å². The third-order valence-electron chi connectivity index (χ3n) is 3.91. The van der Waals surface area contributed by atoms with Crippen molar-refractivity contribution in [1.29, 1.82) is 0 Å². The standard InChI is InChI=1S/C18H17N5O2/c1-11(2)23-10-12-5-6-13(8-14(12)22-23)19-18(24)16-9-15(20-21-16)17-4-3-7-25-17/h3-11H,1-2H3,(H,19,24)(H,20,21). The average Bonchev–Trinajstić information content (AvgIpc) is 3.33. The second-order valence-electron chi connectivity index (χ2n) is 6.07. The largest absolute Gasteiger partial charge is 0.463 e. The molecule has 3 aromatic heterocycles. The molecular weight excluding hydrogens is 318 g/mol. The number of aromatic amines is 1. The van der Waals surface area contributed by atoms with Crippen LogP contribution in [0.1, 0.15) is 30.4 Å². The van der Waals surface area contributed by atoms with Gasteiger partial charge in [-0.15, -0.1) is 0 Å². The first-order chi connectivity index (χ1) is 12.1. The summed E-state index contributed by atoms with van der Waals surface area (Å²) < 4.78 is 7.19. The van der Waals surface area contributed by atoms with E-state index >= 15 is 0 Å². The first-order valence-electron chi connectivity index (χ1n) is 8.00. The number of anilines is 1. The van der Waals surface area contributed by atoms with Crippen LogP contribution in [0.4, 0.5) is 5.69 Å². The molecule has 0 aliphatic carbocycles. The van der Waals surface area contributed by atoms with E-state index in [-0.39, 0.29) is 11.9 Å². The third kappa shape index (κ3) is 2.91. The Kier molecular flexibility index (Phi) is 3.61. The number of amides is 1. The van der Waals surface area contributed by atoms with Crippen LogP contribution in [0.3, 0.4) is 0 Å². The SMILES string of the molecule is CC(C)n1cc2ccc(NC(=O)c3cc(-c4ccco4)[nH]n3)cc2n1. The van der Waals surface area contributed by atoms with Crippen molar-refractivity contribution in [3.05, 3.63) is 54.6 Å². The van der Waals surface area contributed by atoms with E-state index in [0.717, 1.165) is 10.9 Å². The average molecular weight is 335 g/mol. The van der Waals surface area contributed by atoms with E-state index in [1.807, 2.05) is 29.1 Å². The van der Waals surface area contributed by atoms with E-state index < -0.39 is 0 Å². The Balaban J connectivity index is 1.55. The summed E-state index contributed by atoms with van der Waals surface area (Å²) in [6.07, 6.45) is 3.57. The van der Waals surface area contributed by atoms with E-state index in [1.165, 1.54) is 0 Å². The van der Waals surface area contributed by atoms with Crippen LogP contribution < -0.4 is 5.32 Å². The lowest BCUT2D eigenvalue weighted by Crippen LogP contribution is -2.12. The van der Waals surface area contributed by atoms with Crippen LogP contribution >= 0.6 is 0 Å².